The van der Waals surface area contributed by atoms with E-state index in [1.807, 2.05) is 6.07 Å². The van der Waals surface area contributed by atoms with Gasteiger partial charge in [0.25, 0.3) is 5.91 Å². The number of ether oxygens (including phenoxy) is 4. The fourth-order valence-electron chi connectivity index (χ4n) is 4.35. The van der Waals surface area contributed by atoms with E-state index in [0.29, 0.717) is 34.2 Å². The van der Waals surface area contributed by atoms with Crippen LogP contribution in [0.3, 0.4) is 0 Å². The molecule has 0 bridgehead atoms. The highest BCUT2D eigenvalue weighted by atomic mass is 16.5. The first-order chi connectivity index (χ1) is 16.9. The zero-order chi connectivity index (χ0) is 25.2. The number of fused-ring (bicyclic) bond motifs is 1. The number of hydrogen-bond acceptors (Lipinski definition) is 7. The summed E-state index contributed by atoms with van der Waals surface area (Å²) in [6.07, 6.45) is -0.437. The molecule has 0 radical (unpaired) electrons. The fraction of sp³-hybridized carbons (Fsp3) is 0.259. The van der Waals surface area contributed by atoms with Gasteiger partial charge in [-0.3, -0.25) is 9.59 Å². The zero-order valence-electron chi connectivity index (χ0n) is 20.0. The number of benzene rings is 3. The van der Waals surface area contributed by atoms with Crippen molar-refractivity contribution in [3.8, 4) is 23.0 Å². The molecule has 0 saturated heterocycles. The number of carbonyl (C=O) groups excluding carboxylic acids is 2. The monoisotopic (exact) mass is 477 g/mol. The maximum atomic E-state index is 13.6. The van der Waals surface area contributed by atoms with E-state index in [9.17, 15) is 14.7 Å². The molecule has 0 saturated carbocycles. The maximum absolute atomic E-state index is 13.6. The Morgan fingerprint density at radius 1 is 0.857 bits per heavy atom. The van der Waals surface area contributed by atoms with Crippen LogP contribution in [-0.2, 0) is 16.9 Å². The summed E-state index contributed by atoms with van der Waals surface area (Å²) >= 11 is 0. The summed E-state index contributed by atoms with van der Waals surface area (Å²) in [7, 11) is 6.05. The molecule has 1 aliphatic heterocycles. The van der Waals surface area contributed by atoms with Gasteiger partial charge < -0.3 is 29.0 Å². The first-order valence-electron chi connectivity index (χ1n) is 11.0. The number of para-hydroxylation sites is 1. The second kappa shape index (κ2) is 9.68. The third kappa shape index (κ3) is 4.28. The van der Waals surface area contributed by atoms with Crippen LogP contribution in [0.1, 0.15) is 27.9 Å². The van der Waals surface area contributed by atoms with Gasteiger partial charge in [-0.25, -0.2) is 0 Å². The van der Waals surface area contributed by atoms with E-state index in [0.717, 1.165) is 5.56 Å². The van der Waals surface area contributed by atoms with E-state index in [2.05, 4.69) is 0 Å². The minimum atomic E-state index is -2.02. The Morgan fingerprint density at radius 2 is 1.57 bits per heavy atom. The molecule has 35 heavy (non-hydrogen) atoms. The Bertz CT molecular complexity index is 1270. The lowest BCUT2D eigenvalue weighted by Crippen LogP contribution is -2.41. The molecule has 3 aromatic rings. The van der Waals surface area contributed by atoms with Crippen molar-refractivity contribution in [2.75, 3.05) is 33.3 Å². The minimum Gasteiger partial charge on any atom is -0.497 e. The second-order valence-electron chi connectivity index (χ2n) is 8.12. The number of anilines is 1. The van der Waals surface area contributed by atoms with Crippen molar-refractivity contribution in [1.82, 2.24) is 0 Å². The Morgan fingerprint density at radius 3 is 2.26 bits per heavy atom. The highest BCUT2D eigenvalue weighted by Crippen LogP contribution is 2.44. The van der Waals surface area contributed by atoms with E-state index >= 15 is 0 Å². The van der Waals surface area contributed by atoms with Gasteiger partial charge in [0, 0.05) is 11.6 Å². The first kappa shape index (κ1) is 24.1. The topological polar surface area (TPSA) is 94.5 Å². The molecule has 1 aliphatic rings. The molecule has 4 rings (SSSR count). The molecule has 1 atom stereocenters. The van der Waals surface area contributed by atoms with Crippen LogP contribution >= 0.6 is 0 Å². The van der Waals surface area contributed by atoms with Crippen LogP contribution in [0.2, 0.25) is 0 Å². The van der Waals surface area contributed by atoms with Gasteiger partial charge in [0.1, 0.15) is 11.5 Å². The van der Waals surface area contributed by atoms with Crippen molar-refractivity contribution in [2.45, 2.75) is 18.6 Å². The molecule has 0 aromatic heterocycles. The van der Waals surface area contributed by atoms with Crippen LogP contribution in [0.15, 0.2) is 60.7 Å². The molecule has 1 N–H and O–H groups in total. The van der Waals surface area contributed by atoms with E-state index < -0.39 is 23.7 Å². The quantitative estimate of drug-likeness (QED) is 0.469. The maximum Gasteiger partial charge on any atom is 0.264 e. The summed E-state index contributed by atoms with van der Waals surface area (Å²) in [5, 5.41) is 11.6. The van der Waals surface area contributed by atoms with Gasteiger partial charge in [-0.2, -0.15) is 0 Å². The second-order valence-corrected chi connectivity index (χ2v) is 8.12. The van der Waals surface area contributed by atoms with Gasteiger partial charge in [0.15, 0.2) is 22.9 Å². The number of ketones is 1. The lowest BCUT2D eigenvalue weighted by Gasteiger charge is -2.23. The predicted octanol–water partition coefficient (Wildman–Crippen LogP) is 3.73. The van der Waals surface area contributed by atoms with E-state index in [-0.39, 0.29) is 12.1 Å². The largest absolute Gasteiger partial charge is 0.497 e. The van der Waals surface area contributed by atoms with Crippen LogP contribution in [0.4, 0.5) is 5.69 Å². The number of carbonyl (C=O) groups is 2. The molecule has 1 heterocycles. The first-order valence-corrected chi connectivity index (χ1v) is 11.0. The normalized spacial score (nSPS) is 16.6. The average molecular weight is 478 g/mol. The number of nitrogens with zero attached hydrogens (tertiary/aromatic N) is 1. The molecule has 8 heteroatoms. The van der Waals surface area contributed by atoms with Gasteiger partial charge in [-0.15, -0.1) is 0 Å². The smallest absolute Gasteiger partial charge is 0.264 e. The van der Waals surface area contributed by atoms with Crippen LogP contribution < -0.4 is 23.8 Å². The number of rotatable bonds is 9. The summed E-state index contributed by atoms with van der Waals surface area (Å²) in [5.41, 5.74) is -0.0611. The van der Waals surface area contributed by atoms with Crippen molar-refractivity contribution >= 4 is 17.4 Å². The van der Waals surface area contributed by atoms with Crippen molar-refractivity contribution in [3.63, 3.8) is 0 Å². The number of hydrogen-bond donors (Lipinski definition) is 1. The van der Waals surface area contributed by atoms with Crippen molar-refractivity contribution in [1.29, 1.82) is 0 Å². The molecule has 1 amide bonds. The van der Waals surface area contributed by atoms with Crippen molar-refractivity contribution in [2.24, 2.45) is 0 Å². The highest BCUT2D eigenvalue weighted by Gasteiger charge is 2.51. The van der Waals surface area contributed by atoms with Gasteiger partial charge >= 0.3 is 0 Å². The van der Waals surface area contributed by atoms with Crippen LogP contribution in [0, 0.1) is 0 Å². The lowest BCUT2D eigenvalue weighted by atomic mass is 9.88. The summed E-state index contributed by atoms with van der Waals surface area (Å²) < 4.78 is 21.2. The molecule has 182 valence electrons. The Kier molecular flexibility index (Phi) is 6.66. The van der Waals surface area contributed by atoms with Gasteiger partial charge in [0.05, 0.1) is 52.7 Å². The lowest BCUT2D eigenvalue weighted by molar-refractivity contribution is -0.136. The summed E-state index contributed by atoms with van der Waals surface area (Å²) in [4.78, 5) is 28.4. The van der Waals surface area contributed by atoms with Gasteiger partial charge in [-0.05, 0) is 35.9 Å². The van der Waals surface area contributed by atoms with Gasteiger partial charge in [-0.1, -0.05) is 24.3 Å². The Hall–Kier alpha value is -4.04. The van der Waals surface area contributed by atoms with Crippen molar-refractivity contribution < 1.29 is 33.6 Å². The highest BCUT2D eigenvalue weighted by molar-refractivity contribution is 6.11. The van der Waals surface area contributed by atoms with E-state index in [1.54, 1.807) is 61.7 Å². The van der Waals surface area contributed by atoms with Crippen LogP contribution in [-0.4, -0.2) is 45.2 Å². The summed E-state index contributed by atoms with van der Waals surface area (Å²) in [6, 6.07) is 17.1. The molecular formula is C27H27NO7. The number of aliphatic hydroxyl groups is 1. The van der Waals surface area contributed by atoms with E-state index in [1.165, 1.54) is 26.2 Å². The molecule has 0 fully saturated rings. The molecule has 0 aliphatic carbocycles. The molecule has 3 aromatic carbocycles. The van der Waals surface area contributed by atoms with Crippen LogP contribution in [0.5, 0.6) is 23.0 Å². The molecule has 8 nitrogen and oxygen atoms in total. The van der Waals surface area contributed by atoms with Crippen LogP contribution in [0.25, 0.3) is 0 Å². The van der Waals surface area contributed by atoms with Crippen molar-refractivity contribution in [3.05, 3.63) is 77.4 Å². The zero-order valence-corrected chi connectivity index (χ0v) is 20.0. The summed E-state index contributed by atoms with van der Waals surface area (Å²) in [5.74, 6) is 0.929. The number of Topliss-reactive ketones (excluding diaryl/α,β-unsaturated/α-hetero) is 1. The summed E-state index contributed by atoms with van der Waals surface area (Å²) in [6.45, 7) is 0.179. The average Bonchev–Trinajstić information content (AvgIpc) is 3.09. The predicted molar refractivity (Wildman–Crippen MR) is 130 cm³/mol. The Labute approximate surface area is 203 Å². The minimum absolute atomic E-state index is 0.179. The fourth-order valence-corrected chi connectivity index (χ4v) is 4.35. The third-order valence-electron chi connectivity index (χ3n) is 6.15. The van der Waals surface area contributed by atoms with E-state index in [4.69, 9.17) is 18.9 Å². The molecule has 0 spiro atoms. The number of amides is 1. The van der Waals surface area contributed by atoms with Gasteiger partial charge in [0.2, 0.25) is 0 Å². The molecular weight excluding hydrogens is 450 g/mol. The third-order valence-corrected chi connectivity index (χ3v) is 6.15. The SMILES string of the molecule is COc1ccc(C(=O)C[C@@]2(O)C(=O)N(Cc3ccc(OC)c(OC)c3)c3ccccc32)c(OC)c1. The molecule has 0 unspecified atom stereocenters. The Balaban J connectivity index is 1.67. The number of methoxy groups -OCH3 is 4. The standard InChI is InChI=1S/C27H27NO7/c1-32-18-10-11-19(24(14-18)34-3)22(29)15-27(31)20-7-5-6-8-21(20)28(26(27)30)16-17-9-12-23(33-2)25(13-17)35-4/h5-14,31H,15-16H2,1-4H3/t27-/m0/s1.